The molecule has 1 aliphatic heterocycles. The van der Waals surface area contributed by atoms with Crippen LogP contribution in [0.2, 0.25) is 0 Å². The molecular weight excluding hydrogens is 406 g/mol. The third-order valence-corrected chi connectivity index (χ3v) is 6.84. The number of aromatic nitrogens is 1. The number of guanidine groups is 1. The van der Waals surface area contributed by atoms with Crippen LogP contribution < -0.4 is 5.32 Å². The topological polar surface area (TPSA) is 53.0 Å². The van der Waals surface area contributed by atoms with E-state index in [1.807, 2.05) is 21.0 Å². The molecule has 1 aromatic carbocycles. The molecule has 1 N–H and O–H groups in total. The van der Waals surface area contributed by atoms with Crippen molar-refractivity contribution in [1.29, 1.82) is 0 Å². The van der Waals surface area contributed by atoms with Gasteiger partial charge in [0.05, 0.1) is 12.2 Å². The quantitative estimate of drug-likeness (QED) is 0.483. The summed E-state index contributed by atoms with van der Waals surface area (Å²) in [6.07, 6.45) is 5.44. The van der Waals surface area contributed by atoms with E-state index in [0.29, 0.717) is 6.54 Å². The molecule has 31 heavy (non-hydrogen) atoms. The summed E-state index contributed by atoms with van der Waals surface area (Å²) in [5, 5.41) is 6.61. The van der Waals surface area contributed by atoms with Gasteiger partial charge in [0.1, 0.15) is 11.1 Å². The van der Waals surface area contributed by atoms with Crippen LogP contribution in [0.25, 0.3) is 0 Å². The number of aliphatic imine (C=N–C) groups is 1. The summed E-state index contributed by atoms with van der Waals surface area (Å²) in [6, 6.07) is 8.93. The highest BCUT2D eigenvalue weighted by Gasteiger charge is 2.13. The van der Waals surface area contributed by atoms with Gasteiger partial charge in [0.15, 0.2) is 5.96 Å². The van der Waals surface area contributed by atoms with Crippen LogP contribution >= 0.6 is 11.3 Å². The Labute approximate surface area is 191 Å². The van der Waals surface area contributed by atoms with Crippen molar-refractivity contribution in [2.24, 2.45) is 4.99 Å². The lowest BCUT2D eigenvalue weighted by Crippen LogP contribution is -2.38. The van der Waals surface area contributed by atoms with E-state index >= 15 is 0 Å². The molecule has 0 spiro atoms. The Bertz CT molecular complexity index is 829. The highest BCUT2D eigenvalue weighted by Crippen LogP contribution is 2.21. The molecule has 1 saturated heterocycles. The van der Waals surface area contributed by atoms with Gasteiger partial charge in [0, 0.05) is 39.7 Å². The normalized spacial score (nSPS) is 16.7. The Morgan fingerprint density at radius 2 is 2.00 bits per heavy atom. The second kappa shape index (κ2) is 12.2. The molecule has 3 rings (SSSR count). The van der Waals surface area contributed by atoms with Crippen LogP contribution in [0.15, 0.2) is 34.6 Å². The van der Waals surface area contributed by atoms with Crippen molar-refractivity contribution in [2.75, 3.05) is 34.3 Å². The minimum atomic E-state index is 0.0306. The van der Waals surface area contributed by atoms with Crippen molar-refractivity contribution in [2.45, 2.75) is 58.3 Å². The number of rotatable bonds is 8. The number of hydrogen-bond donors (Lipinski definition) is 1. The van der Waals surface area contributed by atoms with E-state index in [0.717, 1.165) is 29.8 Å². The highest BCUT2D eigenvalue weighted by atomic mass is 32.1. The zero-order chi connectivity index (χ0) is 22.1. The van der Waals surface area contributed by atoms with Gasteiger partial charge in [-0.25, -0.2) is 4.98 Å². The molecule has 1 fully saturated rings. The van der Waals surface area contributed by atoms with Crippen LogP contribution in [0.4, 0.5) is 0 Å². The molecule has 2 heterocycles. The predicted octanol–water partition coefficient (Wildman–Crippen LogP) is 4.43. The van der Waals surface area contributed by atoms with Crippen LogP contribution in [-0.4, -0.2) is 55.0 Å². The SMILES string of the molecule is CN=C(NCc1cccc(CN2CCCCCC2)c1)N(C)Cc1csc(C(C)OC)n1. The maximum atomic E-state index is 5.37. The second-order valence-electron chi connectivity index (χ2n) is 8.32. The Hall–Kier alpha value is -1.96. The van der Waals surface area contributed by atoms with E-state index in [1.165, 1.54) is 49.9 Å². The van der Waals surface area contributed by atoms with Gasteiger partial charge in [-0.15, -0.1) is 11.3 Å². The van der Waals surface area contributed by atoms with Crippen LogP contribution in [0.3, 0.4) is 0 Å². The molecule has 0 amide bonds. The molecule has 6 nitrogen and oxygen atoms in total. The molecule has 0 aliphatic carbocycles. The summed E-state index contributed by atoms with van der Waals surface area (Å²) in [5.74, 6) is 0.868. The summed E-state index contributed by atoms with van der Waals surface area (Å²) in [5.41, 5.74) is 3.72. The Morgan fingerprint density at radius 1 is 1.26 bits per heavy atom. The van der Waals surface area contributed by atoms with Crippen LogP contribution in [0.5, 0.6) is 0 Å². The number of likely N-dealkylation sites (tertiary alicyclic amines) is 1. The van der Waals surface area contributed by atoms with E-state index in [9.17, 15) is 0 Å². The number of nitrogens with one attached hydrogen (secondary N) is 1. The lowest BCUT2D eigenvalue weighted by atomic mass is 10.1. The standard InChI is InChI=1S/C24H37N5OS/c1-19(30-4)23-27-22(18-31-23)17-28(3)24(25-2)26-15-20-10-9-11-21(14-20)16-29-12-7-5-6-8-13-29/h9-11,14,18-19H,5-8,12-13,15-17H2,1-4H3,(H,25,26). The summed E-state index contributed by atoms with van der Waals surface area (Å²) in [7, 11) is 5.59. The summed E-state index contributed by atoms with van der Waals surface area (Å²) in [6.45, 7) is 6.99. The van der Waals surface area contributed by atoms with Gasteiger partial charge in [-0.1, -0.05) is 37.1 Å². The molecule has 2 aromatic rings. The summed E-state index contributed by atoms with van der Waals surface area (Å²) in [4.78, 5) is 13.9. The maximum absolute atomic E-state index is 5.37. The second-order valence-corrected chi connectivity index (χ2v) is 9.21. The lowest BCUT2D eigenvalue weighted by molar-refractivity contribution is 0.119. The number of hydrogen-bond acceptors (Lipinski definition) is 5. The smallest absolute Gasteiger partial charge is 0.194 e. The van der Waals surface area contributed by atoms with Gasteiger partial charge in [-0.2, -0.15) is 0 Å². The minimum absolute atomic E-state index is 0.0306. The molecule has 1 aromatic heterocycles. The van der Waals surface area contributed by atoms with Crippen molar-refractivity contribution >= 4 is 17.3 Å². The molecule has 170 valence electrons. The first-order chi connectivity index (χ1) is 15.1. The summed E-state index contributed by atoms with van der Waals surface area (Å²) >= 11 is 1.64. The first-order valence-electron chi connectivity index (χ1n) is 11.3. The van der Waals surface area contributed by atoms with Crippen molar-refractivity contribution < 1.29 is 4.74 Å². The molecule has 7 heteroatoms. The fourth-order valence-electron chi connectivity index (χ4n) is 3.96. The molecule has 1 unspecified atom stereocenters. The fraction of sp³-hybridized carbons (Fsp3) is 0.583. The number of thiazole rings is 1. The van der Waals surface area contributed by atoms with E-state index < -0.39 is 0 Å². The third-order valence-electron chi connectivity index (χ3n) is 5.79. The van der Waals surface area contributed by atoms with Gasteiger partial charge in [0.2, 0.25) is 0 Å². The van der Waals surface area contributed by atoms with Gasteiger partial charge in [-0.05, 0) is 44.0 Å². The molecule has 1 aliphatic rings. The zero-order valence-electron chi connectivity index (χ0n) is 19.4. The average molecular weight is 444 g/mol. The van der Waals surface area contributed by atoms with E-state index in [4.69, 9.17) is 9.72 Å². The highest BCUT2D eigenvalue weighted by molar-refractivity contribution is 7.09. The average Bonchev–Trinajstić information content (AvgIpc) is 3.09. The van der Waals surface area contributed by atoms with Gasteiger partial charge < -0.3 is 15.0 Å². The summed E-state index contributed by atoms with van der Waals surface area (Å²) < 4.78 is 5.37. The molecular formula is C24H37N5OS. The van der Waals surface area contributed by atoms with Gasteiger partial charge in [0.25, 0.3) is 0 Å². The van der Waals surface area contributed by atoms with Crippen LogP contribution in [-0.2, 0) is 24.4 Å². The number of ether oxygens (including phenoxy) is 1. The Kier molecular flexibility index (Phi) is 9.31. The maximum Gasteiger partial charge on any atom is 0.194 e. The zero-order valence-corrected chi connectivity index (χ0v) is 20.2. The third kappa shape index (κ3) is 7.30. The number of methoxy groups -OCH3 is 1. The first kappa shape index (κ1) is 23.7. The largest absolute Gasteiger partial charge is 0.375 e. The van der Waals surface area contributed by atoms with E-state index in [2.05, 4.69) is 49.8 Å². The molecule has 0 bridgehead atoms. The molecule has 1 atom stereocenters. The van der Waals surface area contributed by atoms with Crippen molar-refractivity contribution in [3.63, 3.8) is 0 Å². The Balaban J connectivity index is 1.53. The van der Waals surface area contributed by atoms with Crippen molar-refractivity contribution in [3.05, 3.63) is 51.5 Å². The predicted molar refractivity (Wildman–Crippen MR) is 129 cm³/mol. The molecule has 0 radical (unpaired) electrons. The molecule has 0 saturated carbocycles. The first-order valence-corrected chi connectivity index (χ1v) is 12.2. The van der Waals surface area contributed by atoms with Crippen molar-refractivity contribution in [3.8, 4) is 0 Å². The van der Waals surface area contributed by atoms with Crippen molar-refractivity contribution in [1.82, 2.24) is 20.1 Å². The minimum Gasteiger partial charge on any atom is -0.375 e. The van der Waals surface area contributed by atoms with Crippen LogP contribution in [0, 0.1) is 0 Å². The van der Waals surface area contributed by atoms with E-state index in [1.54, 1.807) is 18.4 Å². The Morgan fingerprint density at radius 3 is 2.71 bits per heavy atom. The van der Waals surface area contributed by atoms with E-state index in [-0.39, 0.29) is 6.10 Å². The fourth-order valence-corrected chi connectivity index (χ4v) is 4.80. The van der Waals surface area contributed by atoms with Gasteiger partial charge in [-0.3, -0.25) is 9.89 Å². The number of benzene rings is 1. The monoisotopic (exact) mass is 443 g/mol. The number of nitrogens with zero attached hydrogens (tertiary/aromatic N) is 4. The van der Waals surface area contributed by atoms with Crippen LogP contribution in [0.1, 0.15) is 60.5 Å². The lowest BCUT2D eigenvalue weighted by Gasteiger charge is -2.22. The van der Waals surface area contributed by atoms with Gasteiger partial charge >= 0.3 is 0 Å².